The second kappa shape index (κ2) is 7.56. The number of benzene rings is 1. The first-order valence-electron chi connectivity index (χ1n) is 8.71. The van der Waals surface area contributed by atoms with Gasteiger partial charge in [0.1, 0.15) is 22.0 Å². The van der Waals surface area contributed by atoms with E-state index in [9.17, 15) is 9.59 Å². The highest BCUT2D eigenvalue weighted by Gasteiger charge is 2.51. The number of carbonyl (C=O) groups excluding carboxylic acids is 2. The molecule has 0 spiro atoms. The maximum Gasteiger partial charge on any atom is 0.238 e. The van der Waals surface area contributed by atoms with Gasteiger partial charge in [-0.2, -0.15) is 0 Å². The average molecular weight is 388 g/mol. The van der Waals surface area contributed by atoms with Gasteiger partial charge in [0.05, 0.1) is 13.3 Å². The topological polar surface area (TPSA) is 71.5 Å². The molecule has 3 rings (SSSR count). The Morgan fingerprint density at radius 1 is 1.37 bits per heavy atom. The Balaban J connectivity index is 1.99. The lowest BCUT2D eigenvalue weighted by atomic mass is 9.70. The number of amides is 2. The first-order chi connectivity index (χ1) is 12.9. The van der Waals surface area contributed by atoms with Gasteiger partial charge in [-0.25, -0.2) is 4.98 Å². The lowest BCUT2D eigenvalue weighted by molar-refractivity contribution is -0.135. The molecule has 0 radical (unpaired) electrons. The standard InChI is InChI=1S/C20H22ClN3O3/c1-13(2)14-6-4-5-7-15(14)20(10-24(11-20)12-25)19(26)23-16-9-22-18(21)8-17(16)27-3/h4-9,12-13H,10-11H2,1-3H3,(H,23,26). The molecule has 1 aromatic heterocycles. The van der Waals surface area contributed by atoms with Crippen molar-refractivity contribution >= 4 is 29.6 Å². The molecule has 0 aliphatic carbocycles. The molecule has 1 aliphatic rings. The normalized spacial score (nSPS) is 15.2. The number of methoxy groups -OCH3 is 1. The number of rotatable bonds is 6. The first-order valence-corrected chi connectivity index (χ1v) is 9.09. The van der Waals surface area contributed by atoms with Crippen molar-refractivity contribution in [2.75, 3.05) is 25.5 Å². The molecule has 1 aromatic carbocycles. The van der Waals surface area contributed by atoms with E-state index >= 15 is 0 Å². The van der Waals surface area contributed by atoms with Gasteiger partial charge in [-0.1, -0.05) is 49.7 Å². The number of ether oxygens (including phenoxy) is 1. The third-order valence-corrected chi connectivity index (χ3v) is 5.14. The second-order valence-electron chi connectivity index (χ2n) is 7.00. The smallest absolute Gasteiger partial charge is 0.238 e. The van der Waals surface area contributed by atoms with E-state index in [1.165, 1.54) is 13.3 Å². The Morgan fingerprint density at radius 2 is 2.07 bits per heavy atom. The molecule has 1 N–H and O–H groups in total. The molecule has 1 aliphatic heterocycles. The molecule has 0 saturated carbocycles. The van der Waals surface area contributed by atoms with E-state index in [2.05, 4.69) is 24.1 Å². The number of nitrogens with one attached hydrogen (secondary N) is 1. The zero-order chi connectivity index (χ0) is 19.6. The highest BCUT2D eigenvalue weighted by atomic mass is 35.5. The number of nitrogens with zero attached hydrogens (tertiary/aromatic N) is 2. The van der Waals surface area contributed by atoms with Crippen LogP contribution in [0.25, 0.3) is 0 Å². The predicted molar refractivity (Wildman–Crippen MR) is 104 cm³/mol. The molecule has 2 amide bonds. The predicted octanol–water partition coefficient (Wildman–Crippen LogP) is 3.22. The van der Waals surface area contributed by atoms with Gasteiger partial charge in [0.2, 0.25) is 12.3 Å². The van der Waals surface area contributed by atoms with Gasteiger partial charge in [0.25, 0.3) is 0 Å². The summed E-state index contributed by atoms with van der Waals surface area (Å²) in [5, 5.41) is 3.19. The highest BCUT2D eigenvalue weighted by molar-refractivity contribution is 6.29. The van der Waals surface area contributed by atoms with E-state index in [1.54, 1.807) is 11.0 Å². The molecule has 27 heavy (non-hydrogen) atoms. The van der Waals surface area contributed by atoms with Crippen LogP contribution >= 0.6 is 11.6 Å². The highest BCUT2D eigenvalue weighted by Crippen LogP contribution is 2.40. The number of pyridine rings is 1. The molecule has 7 heteroatoms. The lowest BCUT2D eigenvalue weighted by Gasteiger charge is -2.48. The van der Waals surface area contributed by atoms with E-state index in [4.69, 9.17) is 16.3 Å². The van der Waals surface area contributed by atoms with Gasteiger partial charge in [-0.15, -0.1) is 0 Å². The van der Waals surface area contributed by atoms with Crippen LogP contribution in [0.3, 0.4) is 0 Å². The van der Waals surface area contributed by atoms with E-state index in [1.807, 2.05) is 24.3 Å². The van der Waals surface area contributed by atoms with E-state index < -0.39 is 5.41 Å². The minimum atomic E-state index is -0.813. The summed E-state index contributed by atoms with van der Waals surface area (Å²) >= 11 is 5.90. The molecule has 142 valence electrons. The molecular formula is C20H22ClN3O3. The quantitative estimate of drug-likeness (QED) is 0.610. The number of likely N-dealkylation sites (tertiary alicyclic amines) is 1. The Kier molecular flexibility index (Phi) is 5.37. The van der Waals surface area contributed by atoms with Gasteiger partial charge in [0.15, 0.2) is 0 Å². The van der Waals surface area contributed by atoms with Crippen molar-refractivity contribution in [3.63, 3.8) is 0 Å². The Bertz CT molecular complexity index is 863. The van der Waals surface area contributed by atoms with Gasteiger partial charge in [-0.05, 0) is 17.0 Å². The number of hydrogen-bond donors (Lipinski definition) is 1. The van der Waals surface area contributed by atoms with Crippen molar-refractivity contribution in [2.45, 2.75) is 25.2 Å². The van der Waals surface area contributed by atoms with Crippen LogP contribution in [-0.4, -0.2) is 42.4 Å². The van der Waals surface area contributed by atoms with Crippen molar-refractivity contribution in [3.05, 3.63) is 52.8 Å². The van der Waals surface area contributed by atoms with Gasteiger partial charge in [0, 0.05) is 19.2 Å². The molecule has 0 atom stereocenters. The third kappa shape index (κ3) is 3.49. The summed E-state index contributed by atoms with van der Waals surface area (Å²) in [6.45, 7) is 4.84. The van der Waals surface area contributed by atoms with E-state index in [-0.39, 0.29) is 17.0 Å². The van der Waals surface area contributed by atoms with Crippen LogP contribution in [0, 0.1) is 0 Å². The Morgan fingerprint density at radius 3 is 2.70 bits per heavy atom. The largest absolute Gasteiger partial charge is 0.494 e. The number of hydrogen-bond acceptors (Lipinski definition) is 4. The van der Waals surface area contributed by atoms with Crippen molar-refractivity contribution < 1.29 is 14.3 Å². The van der Waals surface area contributed by atoms with Crippen LogP contribution in [0.5, 0.6) is 5.75 Å². The molecule has 2 heterocycles. The van der Waals surface area contributed by atoms with E-state index in [0.29, 0.717) is 24.5 Å². The molecule has 1 fully saturated rings. The van der Waals surface area contributed by atoms with Crippen molar-refractivity contribution in [1.82, 2.24) is 9.88 Å². The summed E-state index contributed by atoms with van der Waals surface area (Å²) in [5.74, 6) is 0.487. The average Bonchev–Trinajstić information content (AvgIpc) is 2.63. The maximum atomic E-state index is 13.3. The molecule has 2 aromatic rings. The van der Waals surface area contributed by atoms with Crippen LogP contribution in [0.4, 0.5) is 5.69 Å². The zero-order valence-electron chi connectivity index (χ0n) is 15.5. The summed E-state index contributed by atoms with van der Waals surface area (Å²) in [6.07, 6.45) is 2.24. The maximum absolute atomic E-state index is 13.3. The number of aromatic nitrogens is 1. The SMILES string of the molecule is COc1cc(Cl)ncc1NC(=O)C1(c2ccccc2C(C)C)CN(C=O)C1. The van der Waals surface area contributed by atoms with Gasteiger partial charge >= 0.3 is 0 Å². The molecule has 0 bridgehead atoms. The molecule has 0 unspecified atom stereocenters. The third-order valence-electron chi connectivity index (χ3n) is 4.93. The fraction of sp³-hybridized carbons (Fsp3) is 0.350. The number of halogens is 1. The van der Waals surface area contributed by atoms with Crippen LogP contribution in [0.15, 0.2) is 36.5 Å². The number of carbonyl (C=O) groups is 2. The fourth-order valence-corrected chi connectivity index (χ4v) is 3.66. The van der Waals surface area contributed by atoms with Gasteiger partial charge < -0.3 is 15.0 Å². The van der Waals surface area contributed by atoms with Crippen molar-refractivity contribution in [3.8, 4) is 5.75 Å². The zero-order valence-corrected chi connectivity index (χ0v) is 16.3. The van der Waals surface area contributed by atoms with E-state index in [0.717, 1.165) is 17.5 Å². The monoisotopic (exact) mass is 387 g/mol. The molecule has 6 nitrogen and oxygen atoms in total. The number of anilines is 1. The van der Waals surface area contributed by atoms with Crippen LogP contribution < -0.4 is 10.1 Å². The van der Waals surface area contributed by atoms with Crippen molar-refractivity contribution in [1.29, 1.82) is 0 Å². The van der Waals surface area contributed by atoms with Crippen LogP contribution in [0.2, 0.25) is 5.15 Å². The summed E-state index contributed by atoms with van der Waals surface area (Å²) in [7, 11) is 1.50. The lowest BCUT2D eigenvalue weighted by Crippen LogP contribution is -2.64. The summed E-state index contributed by atoms with van der Waals surface area (Å²) in [4.78, 5) is 30.1. The van der Waals surface area contributed by atoms with Crippen LogP contribution in [-0.2, 0) is 15.0 Å². The van der Waals surface area contributed by atoms with Crippen LogP contribution in [0.1, 0.15) is 30.9 Å². The second-order valence-corrected chi connectivity index (χ2v) is 7.38. The fourth-order valence-electron chi connectivity index (χ4n) is 3.51. The molecular weight excluding hydrogens is 366 g/mol. The molecule has 1 saturated heterocycles. The Labute approximate surface area is 163 Å². The Hall–Kier alpha value is -2.60. The minimum Gasteiger partial charge on any atom is -0.494 e. The summed E-state index contributed by atoms with van der Waals surface area (Å²) < 4.78 is 5.30. The van der Waals surface area contributed by atoms with Gasteiger partial charge in [-0.3, -0.25) is 9.59 Å². The summed E-state index contributed by atoms with van der Waals surface area (Å²) in [6, 6.07) is 9.43. The van der Waals surface area contributed by atoms with Crippen molar-refractivity contribution in [2.24, 2.45) is 0 Å². The first kappa shape index (κ1) is 19.2. The minimum absolute atomic E-state index is 0.198. The summed E-state index contributed by atoms with van der Waals surface area (Å²) in [5.41, 5.74) is 1.67.